The van der Waals surface area contributed by atoms with Crippen molar-refractivity contribution in [3.63, 3.8) is 0 Å². The first-order valence-electron chi connectivity index (χ1n) is 12.0. The van der Waals surface area contributed by atoms with Crippen LogP contribution in [0.2, 0.25) is 0 Å². The van der Waals surface area contributed by atoms with E-state index < -0.39 is 11.7 Å². The fourth-order valence-corrected chi connectivity index (χ4v) is 4.93. The predicted molar refractivity (Wildman–Crippen MR) is 144 cm³/mol. The van der Waals surface area contributed by atoms with Crippen molar-refractivity contribution in [1.29, 1.82) is 0 Å². The maximum Gasteiger partial charge on any atom is 0.328 e. The quantitative estimate of drug-likeness (QED) is 0.392. The van der Waals surface area contributed by atoms with Gasteiger partial charge >= 0.3 is 5.69 Å². The lowest BCUT2D eigenvalue weighted by molar-refractivity contribution is 0.0959. The lowest BCUT2D eigenvalue weighted by atomic mass is 10.0. The molecule has 6 rings (SSSR count). The first kappa shape index (κ1) is 23.4. The Morgan fingerprint density at radius 2 is 1.58 bits per heavy atom. The molecule has 3 aromatic heterocycles. The number of benzene rings is 3. The minimum atomic E-state index is -0.593. The van der Waals surface area contributed by atoms with Gasteiger partial charge in [-0.2, -0.15) is 5.10 Å². The summed E-state index contributed by atoms with van der Waals surface area (Å²) < 4.78 is 21.7. The normalized spacial score (nSPS) is 11.5. The molecule has 0 aliphatic heterocycles. The number of aryl methyl sites for hydroxylation is 3. The summed E-state index contributed by atoms with van der Waals surface area (Å²) in [5.41, 5.74) is 6.12. The van der Waals surface area contributed by atoms with Crippen molar-refractivity contribution in [2.24, 2.45) is 21.1 Å². The number of carbonyl (C=O) groups excluding carboxylic acids is 1. The van der Waals surface area contributed by atoms with Crippen LogP contribution in [0.5, 0.6) is 0 Å². The monoisotopic (exact) mass is 509 g/mol. The molecule has 6 aromatic rings. The van der Waals surface area contributed by atoms with Gasteiger partial charge < -0.3 is 5.32 Å². The number of carbonyl (C=O) groups is 1. The van der Waals surface area contributed by atoms with E-state index in [1.165, 1.54) is 19.2 Å². The van der Waals surface area contributed by atoms with Gasteiger partial charge in [-0.3, -0.25) is 23.2 Å². The second-order valence-electron chi connectivity index (χ2n) is 9.16. The van der Waals surface area contributed by atoms with Crippen LogP contribution in [-0.2, 0) is 21.1 Å². The summed E-state index contributed by atoms with van der Waals surface area (Å²) >= 11 is 0. The molecule has 0 saturated carbocycles. The van der Waals surface area contributed by atoms with Crippen LogP contribution in [-0.4, -0.2) is 41.4 Å². The number of halogens is 1. The highest BCUT2D eigenvalue weighted by atomic mass is 19.1. The molecular formula is C28H24FN7O2. The van der Waals surface area contributed by atoms with Gasteiger partial charge in [0.05, 0.1) is 27.6 Å². The number of nitrogens with zero attached hydrogens (tertiary/aromatic N) is 6. The van der Waals surface area contributed by atoms with E-state index in [0.29, 0.717) is 16.9 Å². The number of rotatable bonds is 4. The average molecular weight is 510 g/mol. The van der Waals surface area contributed by atoms with Crippen molar-refractivity contribution >= 4 is 28.0 Å². The molecule has 0 unspecified atom stereocenters. The molecule has 0 aliphatic carbocycles. The molecule has 38 heavy (non-hydrogen) atoms. The Morgan fingerprint density at radius 1 is 0.868 bits per heavy atom. The third-order valence-corrected chi connectivity index (χ3v) is 6.99. The van der Waals surface area contributed by atoms with Gasteiger partial charge in [-0.25, -0.2) is 14.2 Å². The highest BCUT2D eigenvalue weighted by Gasteiger charge is 2.19. The molecular weight excluding hydrogens is 485 g/mol. The maximum absolute atomic E-state index is 14.7. The van der Waals surface area contributed by atoms with Crippen LogP contribution in [0.15, 0.2) is 71.7 Å². The van der Waals surface area contributed by atoms with E-state index in [4.69, 9.17) is 4.98 Å². The third kappa shape index (κ3) is 3.45. The minimum Gasteiger partial charge on any atom is -0.355 e. The molecule has 0 bridgehead atoms. The zero-order chi connectivity index (χ0) is 26.7. The van der Waals surface area contributed by atoms with Gasteiger partial charge in [0.25, 0.3) is 5.91 Å². The molecule has 0 atom stereocenters. The molecule has 10 heteroatoms. The second-order valence-corrected chi connectivity index (χ2v) is 9.16. The van der Waals surface area contributed by atoms with E-state index in [9.17, 15) is 14.0 Å². The van der Waals surface area contributed by atoms with Gasteiger partial charge in [0, 0.05) is 40.1 Å². The Morgan fingerprint density at radius 3 is 2.29 bits per heavy atom. The first-order valence-corrected chi connectivity index (χ1v) is 12.0. The summed E-state index contributed by atoms with van der Waals surface area (Å²) in [5, 5.41) is 6.77. The van der Waals surface area contributed by atoms with Gasteiger partial charge in [0.2, 0.25) is 0 Å². The van der Waals surface area contributed by atoms with Crippen LogP contribution in [0.3, 0.4) is 0 Å². The lowest BCUT2D eigenvalue weighted by Gasteiger charge is -2.11. The SMILES string of the molecule is CNC(=O)c1ccc(-c2ccc3c(c2)nc(-c2ccnn2C)n3-c2ccc3c(c2)n(C)c(=O)n3C)cc1F. The highest BCUT2D eigenvalue weighted by Crippen LogP contribution is 2.32. The summed E-state index contributed by atoms with van der Waals surface area (Å²) in [6.07, 6.45) is 1.71. The molecule has 3 aromatic carbocycles. The number of aromatic nitrogens is 6. The van der Waals surface area contributed by atoms with Gasteiger partial charge in [-0.1, -0.05) is 12.1 Å². The molecule has 0 radical (unpaired) electrons. The summed E-state index contributed by atoms with van der Waals surface area (Å²) in [6, 6.07) is 18.0. The summed E-state index contributed by atoms with van der Waals surface area (Å²) in [6.45, 7) is 0. The van der Waals surface area contributed by atoms with Crippen molar-refractivity contribution in [2.75, 3.05) is 7.05 Å². The standard InChI is InChI=1S/C28H24FN7O2/c1-30-27(37)19-8-5-16(13-20(19)29)17-6-9-22-21(14-17)32-26(24-11-12-31-35(24)4)36(22)18-7-10-23-25(15-18)34(3)28(38)33(23)2/h5-15H,1-4H3,(H,30,37). The molecule has 9 nitrogen and oxygen atoms in total. The van der Waals surface area contributed by atoms with Crippen molar-refractivity contribution in [3.05, 3.63) is 88.7 Å². The van der Waals surface area contributed by atoms with Gasteiger partial charge in [0.1, 0.15) is 11.5 Å². The highest BCUT2D eigenvalue weighted by molar-refractivity contribution is 5.95. The smallest absolute Gasteiger partial charge is 0.328 e. The summed E-state index contributed by atoms with van der Waals surface area (Å²) in [7, 11) is 6.83. The van der Waals surface area contributed by atoms with E-state index in [1.807, 2.05) is 54.1 Å². The largest absolute Gasteiger partial charge is 0.355 e. The molecule has 1 amide bonds. The molecule has 0 aliphatic rings. The number of imidazole rings is 2. The fraction of sp³-hybridized carbons (Fsp3) is 0.143. The molecule has 190 valence electrons. The topological polar surface area (TPSA) is 91.7 Å². The summed E-state index contributed by atoms with van der Waals surface area (Å²) in [4.78, 5) is 29.4. The van der Waals surface area contributed by atoms with Crippen LogP contribution < -0.4 is 11.0 Å². The molecule has 0 spiro atoms. The summed E-state index contributed by atoms with van der Waals surface area (Å²) in [5.74, 6) is -0.389. The fourth-order valence-electron chi connectivity index (χ4n) is 4.93. The Labute approximate surface area is 216 Å². The molecule has 0 saturated heterocycles. The number of amides is 1. The van der Waals surface area contributed by atoms with E-state index >= 15 is 0 Å². The van der Waals surface area contributed by atoms with Crippen LogP contribution in [0, 0.1) is 5.82 Å². The number of hydrogen-bond donors (Lipinski definition) is 1. The van der Waals surface area contributed by atoms with Gasteiger partial charge in [0.15, 0.2) is 5.82 Å². The number of hydrogen-bond acceptors (Lipinski definition) is 4. The van der Waals surface area contributed by atoms with Crippen LogP contribution in [0.25, 0.3) is 50.4 Å². The van der Waals surface area contributed by atoms with Crippen LogP contribution in [0.1, 0.15) is 10.4 Å². The zero-order valence-corrected chi connectivity index (χ0v) is 21.2. The Kier molecular flexibility index (Phi) is 5.27. The second kappa shape index (κ2) is 8.55. The zero-order valence-electron chi connectivity index (χ0n) is 21.2. The van der Waals surface area contributed by atoms with Crippen molar-refractivity contribution in [3.8, 4) is 28.3 Å². The van der Waals surface area contributed by atoms with Crippen LogP contribution >= 0.6 is 0 Å². The van der Waals surface area contributed by atoms with Gasteiger partial charge in [-0.05, 0) is 59.7 Å². The number of fused-ring (bicyclic) bond motifs is 2. The number of nitrogens with one attached hydrogen (secondary N) is 1. The van der Waals surface area contributed by atoms with Crippen molar-refractivity contribution < 1.29 is 9.18 Å². The Bertz CT molecular complexity index is 1960. The molecule has 0 fully saturated rings. The van der Waals surface area contributed by atoms with E-state index in [1.54, 1.807) is 40.2 Å². The van der Waals surface area contributed by atoms with E-state index in [0.717, 1.165) is 33.5 Å². The van der Waals surface area contributed by atoms with E-state index in [2.05, 4.69) is 10.4 Å². The Hall–Kier alpha value is -4.99. The first-order chi connectivity index (χ1) is 18.3. The van der Waals surface area contributed by atoms with Crippen LogP contribution in [0.4, 0.5) is 4.39 Å². The molecule has 1 N–H and O–H groups in total. The molecule has 3 heterocycles. The minimum absolute atomic E-state index is 0.00851. The van der Waals surface area contributed by atoms with Crippen molar-refractivity contribution in [2.45, 2.75) is 0 Å². The lowest BCUT2D eigenvalue weighted by Crippen LogP contribution is -2.19. The average Bonchev–Trinajstić information content (AvgIpc) is 3.58. The van der Waals surface area contributed by atoms with Crippen molar-refractivity contribution in [1.82, 2.24) is 33.8 Å². The maximum atomic E-state index is 14.7. The van der Waals surface area contributed by atoms with E-state index in [-0.39, 0.29) is 11.3 Å². The predicted octanol–water partition coefficient (Wildman–Crippen LogP) is 3.78. The third-order valence-electron chi connectivity index (χ3n) is 6.99. The van der Waals surface area contributed by atoms with Gasteiger partial charge in [-0.15, -0.1) is 0 Å². The Balaban J connectivity index is 1.56.